The highest BCUT2D eigenvalue weighted by molar-refractivity contribution is 6.30. The number of rotatable bonds is 3. The summed E-state index contributed by atoms with van der Waals surface area (Å²) < 4.78 is 1.88. The van der Waals surface area contributed by atoms with Crippen LogP contribution < -0.4 is 0 Å². The first-order valence-electron chi connectivity index (χ1n) is 5.44. The highest BCUT2D eigenvalue weighted by Gasteiger charge is 2.07. The minimum atomic E-state index is 0.643. The fourth-order valence-corrected chi connectivity index (χ4v) is 1.70. The van der Waals surface area contributed by atoms with Crippen LogP contribution in [0, 0.1) is 0 Å². The zero-order valence-corrected chi connectivity index (χ0v) is 10.2. The molecule has 0 unspecified atom stereocenters. The Labute approximate surface area is 100 Å². The number of hydrogen-bond donors (Lipinski definition) is 0. The molecule has 2 heterocycles. The van der Waals surface area contributed by atoms with Gasteiger partial charge in [-0.3, -0.25) is 0 Å². The lowest BCUT2D eigenvalue weighted by atomic mass is 10.2. The molecular formula is C12H14ClN3. The molecule has 2 aromatic rings. The maximum absolute atomic E-state index is 5.81. The van der Waals surface area contributed by atoms with Gasteiger partial charge in [-0.05, 0) is 31.0 Å². The SMILES string of the molecule is CCc1cc(CC)n(-c2ccc(Cl)cn2)n1. The predicted octanol–water partition coefficient (Wildman–Crippen LogP) is 3.05. The fourth-order valence-electron chi connectivity index (χ4n) is 1.59. The molecule has 0 aromatic carbocycles. The van der Waals surface area contributed by atoms with Gasteiger partial charge in [0.05, 0.1) is 10.7 Å². The third-order valence-electron chi connectivity index (χ3n) is 2.49. The van der Waals surface area contributed by atoms with Crippen molar-refractivity contribution in [3.05, 3.63) is 40.8 Å². The van der Waals surface area contributed by atoms with E-state index in [0.29, 0.717) is 5.02 Å². The maximum atomic E-state index is 5.81. The van der Waals surface area contributed by atoms with Crippen molar-refractivity contribution < 1.29 is 0 Å². The van der Waals surface area contributed by atoms with Crippen molar-refractivity contribution in [2.45, 2.75) is 26.7 Å². The first-order chi connectivity index (χ1) is 7.74. The second kappa shape index (κ2) is 4.66. The molecule has 4 heteroatoms. The summed E-state index contributed by atoms with van der Waals surface area (Å²) in [6.07, 6.45) is 3.52. The summed E-state index contributed by atoms with van der Waals surface area (Å²) in [5.41, 5.74) is 2.26. The molecule has 0 saturated heterocycles. The molecule has 3 nitrogen and oxygen atoms in total. The van der Waals surface area contributed by atoms with Crippen LogP contribution in [0.5, 0.6) is 0 Å². The van der Waals surface area contributed by atoms with Gasteiger partial charge in [-0.15, -0.1) is 0 Å². The van der Waals surface area contributed by atoms with Crippen molar-refractivity contribution in [1.82, 2.24) is 14.8 Å². The van der Waals surface area contributed by atoms with E-state index in [0.717, 1.165) is 24.4 Å². The van der Waals surface area contributed by atoms with Crippen molar-refractivity contribution >= 4 is 11.6 Å². The number of pyridine rings is 1. The number of halogens is 1. The molecule has 0 amide bonds. The van der Waals surface area contributed by atoms with Gasteiger partial charge in [0.15, 0.2) is 5.82 Å². The third kappa shape index (κ3) is 2.09. The molecule has 2 rings (SSSR count). The molecule has 0 spiro atoms. The molecule has 0 aliphatic carbocycles. The Balaban J connectivity index is 2.45. The minimum absolute atomic E-state index is 0.643. The number of hydrogen-bond acceptors (Lipinski definition) is 2. The Hall–Kier alpha value is -1.35. The molecule has 2 aromatic heterocycles. The average molecular weight is 236 g/mol. The molecule has 0 aliphatic heterocycles. The summed E-state index contributed by atoms with van der Waals surface area (Å²) in [6.45, 7) is 4.21. The summed E-state index contributed by atoms with van der Waals surface area (Å²) in [5, 5.41) is 5.15. The summed E-state index contributed by atoms with van der Waals surface area (Å²) in [6, 6.07) is 5.83. The van der Waals surface area contributed by atoms with Gasteiger partial charge in [0.2, 0.25) is 0 Å². The van der Waals surface area contributed by atoms with E-state index in [1.165, 1.54) is 5.69 Å². The Kier molecular flexibility index (Phi) is 3.25. The molecule has 0 aliphatic rings. The smallest absolute Gasteiger partial charge is 0.153 e. The second-order valence-electron chi connectivity index (χ2n) is 3.58. The highest BCUT2D eigenvalue weighted by atomic mass is 35.5. The number of aromatic nitrogens is 3. The normalized spacial score (nSPS) is 10.7. The fraction of sp³-hybridized carbons (Fsp3) is 0.333. The van der Waals surface area contributed by atoms with Gasteiger partial charge >= 0.3 is 0 Å². The topological polar surface area (TPSA) is 30.7 Å². The van der Waals surface area contributed by atoms with E-state index < -0.39 is 0 Å². The van der Waals surface area contributed by atoms with E-state index in [2.05, 4.69) is 30.0 Å². The van der Waals surface area contributed by atoms with Crippen LogP contribution in [-0.2, 0) is 12.8 Å². The summed E-state index contributed by atoms with van der Waals surface area (Å²) in [5.74, 6) is 0.820. The van der Waals surface area contributed by atoms with Crippen LogP contribution in [-0.4, -0.2) is 14.8 Å². The van der Waals surface area contributed by atoms with Gasteiger partial charge in [-0.2, -0.15) is 5.10 Å². The zero-order valence-electron chi connectivity index (χ0n) is 9.44. The summed E-state index contributed by atoms with van der Waals surface area (Å²) in [4.78, 5) is 4.27. The zero-order chi connectivity index (χ0) is 11.5. The molecule has 0 radical (unpaired) electrons. The summed E-state index contributed by atoms with van der Waals surface area (Å²) >= 11 is 5.81. The molecule has 84 valence electrons. The Morgan fingerprint density at radius 3 is 2.62 bits per heavy atom. The first kappa shape index (κ1) is 11.1. The van der Waals surface area contributed by atoms with Crippen molar-refractivity contribution in [2.75, 3.05) is 0 Å². The van der Waals surface area contributed by atoms with Gasteiger partial charge in [0.1, 0.15) is 0 Å². The predicted molar refractivity (Wildman–Crippen MR) is 65.1 cm³/mol. The standard InChI is InChI=1S/C12H14ClN3/c1-3-10-7-11(4-2)16(15-10)12-6-5-9(13)8-14-12/h5-8H,3-4H2,1-2H3. The van der Waals surface area contributed by atoms with Gasteiger partial charge < -0.3 is 0 Å². The van der Waals surface area contributed by atoms with E-state index in [-0.39, 0.29) is 0 Å². The summed E-state index contributed by atoms with van der Waals surface area (Å²) in [7, 11) is 0. The van der Waals surface area contributed by atoms with Gasteiger partial charge in [-0.1, -0.05) is 25.4 Å². The molecule has 0 fully saturated rings. The van der Waals surface area contributed by atoms with Crippen LogP contribution in [0.2, 0.25) is 5.02 Å². The van der Waals surface area contributed by atoms with Crippen LogP contribution >= 0.6 is 11.6 Å². The van der Waals surface area contributed by atoms with E-state index in [1.807, 2.05) is 16.8 Å². The lowest BCUT2D eigenvalue weighted by molar-refractivity contribution is 0.772. The molecule has 0 N–H and O–H groups in total. The Bertz CT molecular complexity index is 474. The monoisotopic (exact) mass is 235 g/mol. The molecule has 16 heavy (non-hydrogen) atoms. The van der Waals surface area contributed by atoms with E-state index in [1.54, 1.807) is 6.20 Å². The quantitative estimate of drug-likeness (QED) is 0.819. The van der Waals surface area contributed by atoms with Gasteiger partial charge in [-0.25, -0.2) is 9.67 Å². The van der Waals surface area contributed by atoms with Crippen molar-refractivity contribution in [1.29, 1.82) is 0 Å². The van der Waals surface area contributed by atoms with Crippen LogP contribution in [0.4, 0.5) is 0 Å². The lowest BCUT2D eigenvalue weighted by Gasteiger charge is -2.04. The van der Waals surface area contributed by atoms with Crippen LogP contribution in [0.3, 0.4) is 0 Å². The van der Waals surface area contributed by atoms with Crippen LogP contribution in [0.25, 0.3) is 5.82 Å². The number of aryl methyl sites for hydroxylation is 2. The minimum Gasteiger partial charge on any atom is -0.236 e. The average Bonchev–Trinajstić information content (AvgIpc) is 2.73. The maximum Gasteiger partial charge on any atom is 0.153 e. The van der Waals surface area contributed by atoms with Gasteiger partial charge in [0, 0.05) is 11.9 Å². The van der Waals surface area contributed by atoms with Crippen molar-refractivity contribution in [3.63, 3.8) is 0 Å². The Morgan fingerprint density at radius 1 is 1.25 bits per heavy atom. The number of nitrogens with zero attached hydrogens (tertiary/aromatic N) is 3. The molecule has 0 atom stereocenters. The van der Waals surface area contributed by atoms with E-state index >= 15 is 0 Å². The Morgan fingerprint density at radius 2 is 2.06 bits per heavy atom. The van der Waals surface area contributed by atoms with E-state index in [4.69, 9.17) is 11.6 Å². The third-order valence-corrected chi connectivity index (χ3v) is 2.71. The van der Waals surface area contributed by atoms with Crippen LogP contribution in [0.1, 0.15) is 25.2 Å². The molecule has 0 bridgehead atoms. The van der Waals surface area contributed by atoms with E-state index in [9.17, 15) is 0 Å². The highest BCUT2D eigenvalue weighted by Crippen LogP contribution is 2.14. The molecule has 0 saturated carbocycles. The second-order valence-corrected chi connectivity index (χ2v) is 4.02. The lowest BCUT2D eigenvalue weighted by Crippen LogP contribution is -2.03. The van der Waals surface area contributed by atoms with Crippen LogP contribution in [0.15, 0.2) is 24.4 Å². The van der Waals surface area contributed by atoms with Gasteiger partial charge in [0.25, 0.3) is 0 Å². The van der Waals surface area contributed by atoms with Crippen molar-refractivity contribution in [2.24, 2.45) is 0 Å². The largest absolute Gasteiger partial charge is 0.236 e. The first-order valence-corrected chi connectivity index (χ1v) is 5.82. The molecular weight excluding hydrogens is 222 g/mol. The van der Waals surface area contributed by atoms with Crippen molar-refractivity contribution in [3.8, 4) is 5.82 Å².